The first-order valence-electron chi connectivity index (χ1n) is 6.67. The molecular weight excluding hydrogens is 355 g/mol. The molecular formula is C15H12Cl2N4OS. The fraction of sp³-hybridized carbons (Fsp3) is 0.0667. The van der Waals surface area contributed by atoms with Gasteiger partial charge in [-0.1, -0.05) is 35.3 Å². The van der Waals surface area contributed by atoms with Crippen molar-refractivity contribution in [3.8, 4) is 10.6 Å². The molecule has 0 atom stereocenters. The third-order valence-corrected chi connectivity index (χ3v) is 4.84. The first kappa shape index (κ1) is 15.9. The Morgan fingerprint density at radius 2 is 2.04 bits per heavy atom. The van der Waals surface area contributed by atoms with Gasteiger partial charge in [0, 0.05) is 0 Å². The third-order valence-electron chi connectivity index (χ3n) is 3.14. The zero-order chi connectivity index (χ0) is 16.4. The minimum atomic E-state index is -0.420. The molecule has 0 bridgehead atoms. The lowest BCUT2D eigenvalue weighted by molar-refractivity contribution is 0.262. The lowest BCUT2D eigenvalue weighted by Gasteiger charge is -2.10. The number of benzene rings is 1. The van der Waals surface area contributed by atoms with Crippen molar-refractivity contribution in [3.05, 3.63) is 51.5 Å². The molecule has 23 heavy (non-hydrogen) atoms. The second-order valence-corrected chi connectivity index (χ2v) is 6.46. The predicted molar refractivity (Wildman–Crippen MR) is 95.7 cm³/mol. The summed E-state index contributed by atoms with van der Waals surface area (Å²) < 4.78 is 0. The quantitative estimate of drug-likeness (QED) is 0.580. The molecule has 0 aliphatic heterocycles. The maximum Gasteiger partial charge on any atom is 0.323 e. The van der Waals surface area contributed by atoms with Gasteiger partial charge in [-0.3, -0.25) is 5.10 Å². The number of hydrogen-bond acceptors (Lipinski definition) is 3. The van der Waals surface area contributed by atoms with Gasteiger partial charge in [0.2, 0.25) is 0 Å². The Labute approximate surface area is 146 Å². The van der Waals surface area contributed by atoms with Gasteiger partial charge in [0.05, 0.1) is 32.0 Å². The molecule has 0 aliphatic carbocycles. The van der Waals surface area contributed by atoms with Crippen LogP contribution in [0.2, 0.25) is 10.0 Å². The maximum atomic E-state index is 12.3. The fourth-order valence-electron chi connectivity index (χ4n) is 2.04. The molecule has 0 aliphatic rings. The summed E-state index contributed by atoms with van der Waals surface area (Å²) in [5, 5.41) is 15.2. The van der Waals surface area contributed by atoms with Crippen LogP contribution in [0.4, 0.5) is 16.2 Å². The number of aryl methyl sites for hydroxylation is 1. The number of carbonyl (C=O) groups is 1. The number of H-pyrrole nitrogens is 1. The van der Waals surface area contributed by atoms with Gasteiger partial charge >= 0.3 is 6.03 Å². The van der Waals surface area contributed by atoms with Crippen molar-refractivity contribution in [1.29, 1.82) is 0 Å². The van der Waals surface area contributed by atoms with Gasteiger partial charge < -0.3 is 10.6 Å². The normalized spacial score (nSPS) is 10.6. The number of nitrogens with one attached hydrogen (secondary N) is 3. The zero-order valence-corrected chi connectivity index (χ0v) is 14.3. The molecule has 118 valence electrons. The molecule has 3 rings (SSSR count). The maximum absolute atomic E-state index is 12.3. The molecule has 1 aromatic carbocycles. The first-order valence-corrected chi connectivity index (χ1v) is 8.30. The van der Waals surface area contributed by atoms with E-state index in [1.54, 1.807) is 29.5 Å². The van der Waals surface area contributed by atoms with Crippen LogP contribution in [0.5, 0.6) is 0 Å². The van der Waals surface area contributed by atoms with Crippen LogP contribution in [0.3, 0.4) is 0 Å². The third kappa shape index (κ3) is 3.34. The number of halogens is 2. The minimum absolute atomic E-state index is 0.298. The molecule has 3 N–H and O–H groups in total. The molecule has 0 saturated carbocycles. The van der Waals surface area contributed by atoms with E-state index in [1.807, 2.05) is 24.4 Å². The van der Waals surface area contributed by atoms with Crippen molar-refractivity contribution in [1.82, 2.24) is 10.2 Å². The van der Waals surface area contributed by atoms with E-state index in [-0.39, 0.29) is 0 Å². The van der Waals surface area contributed by atoms with Crippen LogP contribution in [0.1, 0.15) is 5.69 Å². The van der Waals surface area contributed by atoms with Crippen molar-refractivity contribution >= 4 is 51.9 Å². The molecule has 3 aromatic rings. The minimum Gasteiger partial charge on any atom is -0.306 e. The Hall–Kier alpha value is -2.02. The molecule has 2 aromatic heterocycles. The number of carbonyl (C=O) groups excluding carboxylic acids is 1. The van der Waals surface area contributed by atoms with Crippen molar-refractivity contribution in [3.63, 3.8) is 0 Å². The summed E-state index contributed by atoms with van der Waals surface area (Å²) in [6.07, 6.45) is 0. The number of rotatable bonds is 3. The number of urea groups is 1. The highest BCUT2D eigenvalue weighted by molar-refractivity contribution is 7.13. The Morgan fingerprint density at radius 3 is 2.78 bits per heavy atom. The standard InChI is InChI=1S/C15H12Cl2N4OS/c1-8-13(14(21-20-8)11-6-3-7-23-11)19-15(22)18-10-5-2-4-9(16)12(10)17/h2-7H,1H3,(H,20,21)(H2,18,19,22). The number of nitrogens with zero attached hydrogens (tertiary/aromatic N) is 1. The van der Waals surface area contributed by atoms with Crippen molar-refractivity contribution in [2.45, 2.75) is 6.92 Å². The van der Waals surface area contributed by atoms with Crippen LogP contribution in [0.15, 0.2) is 35.7 Å². The Bertz CT molecular complexity index is 845. The van der Waals surface area contributed by atoms with Gasteiger partial charge in [0.25, 0.3) is 0 Å². The van der Waals surface area contributed by atoms with E-state index < -0.39 is 6.03 Å². The molecule has 5 nitrogen and oxygen atoms in total. The molecule has 0 radical (unpaired) electrons. The van der Waals surface area contributed by atoms with Gasteiger partial charge in [-0.05, 0) is 30.5 Å². The highest BCUT2D eigenvalue weighted by Gasteiger charge is 2.16. The summed E-state index contributed by atoms with van der Waals surface area (Å²) in [5.41, 5.74) is 2.53. The predicted octanol–water partition coefficient (Wildman–Crippen LogP) is 5.40. The topological polar surface area (TPSA) is 69.8 Å². The Kier molecular flexibility index (Phi) is 4.56. The van der Waals surface area contributed by atoms with Crippen molar-refractivity contribution in [2.24, 2.45) is 0 Å². The van der Waals surface area contributed by atoms with Gasteiger partial charge in [-0.2, -0.15) is 5.10 Å². The molecule has 8 heteroatoms. The first-order chi connectivity index (χ1) is 11.1. The average molecular weight is 367 g/mol. The summed E-state index contributed by atoms with van der Waals surface area (Å²) >= 11 is 13.6. The molecule has 2 amide bonds. The second kappa shape index (κ2) is 6.62. The van der Waals surface area contributed by atoms with Crippen LogP contribution < -0.4 is 10.6 Å². The van der Waals surface area contributed by atoms with Crippen LogP contribution in [0.25, 0.3) is 10.6 Å². The number of aromatic nitrogens is 2. The molecule has 0 unspecified atom stereocenters. The number of aromatic amines is 1. The van der Waals surface area contributed by atoms with E-state index in [9.17, 15) is 4.79 Å². The van der Waals surface area contributed by atoms with Gasteiger partial charge in [-0.15, -0.1) is 11.3 Å². The van der Waals surface area contributed by atoms with Crippen LogP contribution in [0, 0.1) is 6.92 Å². The largest absolute Gasteiger partial charge is 0.323 e. The summed E-state index contributed by atoms with van der Waals surface area (Å²) in [7, 11) is 0. The lowest BCUT2D eigenvalue weighted by Crippen LogP contribution is -2.20. The van der Waals surface area contributed by atoms with E-state index in [0.29, 0.717) is 27.1 Å². The van der Waals surface area contributed by atoms with Gasteiger partial charge in [0.15, 0.2) is 0 Å². The SMILES string of the molecule is Cc1[nH]nc(-c2cccs2)c1NC(=O)Nc1cccc(Cl)c1Cl. The van der Waals surface area contributed by atoms with E-state index in [4.69, 9.17) is 23.2 Å². The monoisotopic (exact) mass is 366 g/mol. The highest BCUT2D eigenvalue weighted by Crippen LogP contribution is 2.32. The van der Waals surface area contributed by atoms with Crippen LogP contribution in [-0.2, 0) is 0 Å². The van der Waals surface area contributed by atoms with Crippen LogP contribution in [-0.4, -0.2) is 16.2 Å². The van der Waals surface area contributed by atoms with E-state index >= 15 is 0 Å². The van der Waals surface area contributed by atoms with Crippen molar-refractivity contribution in [2.75, 3.05) is 10.6 Å². The number of hydrogen-bond donors (Lipinski definition) is 3. The second-order valence-electron chi connectivity index (χ2n) is 4.73. The van der Waals surface area contributed by atoms with Gasteiger partial charge in [0.1, 0.15) is 5.69 Å². The highest BCUT2D eigenvalue weighted by atomic mass is 35.5. The average Bonchev–Trinajstić information content (AvgIpc) is 3.15. The van der Waals surface area contributed by atoms with E-state index in [2.05, 4.69) is 20.8 Å². The number of anilines is 2. The number of thiophene rings is 1. The molecule has 0 saturated heterocycles. The van der Waals surface area contributed by atoms with Crippen molar-refractivity contribution < 1.29 is 4.79 Å². The Balaban J connectivity index is 1.81. The summed E-state index contributed by atoms with van der Waals surface area (Å²) in [6, 6.07) is 8.50. The zero-order valence-electron chi connectivity index (χ0n) is 12.0. The summed E-state index contributed by atoms with van der Waals surface area (Å²) in [4.78, 5) is 13.2. The lowest BCUT2D eigenvalue weighted by atomic mass is 10.2. The molecule has 2 heterocycles. The fourth-order valence-corrected chi connectivity index (χ4v) is 3.11. The van der Waals surface area contributed by atoms with E-state index in [1.165, 1.54) is 0 Å². The molecule has 0 spiro atoms. The smallest absolute Gasteiger partial charge is 0.306 e. The Morgan fingerprint density at radius 1 is 1.22 bits per heavy atom. The van der Waals surface area contributed by atoms with E-state index in [0.717, 1.165) is 10.6 Å². The summed E-state index contributed by atoms with van der Waals surface area (Å²) in [5.74, 6) is 0. The van der Waals surface area contributed by atoms with Gasteiger partial charge in [-0.25, -0.2) is 4.79 Å². The van der Waals surface area contributed by atoms with Crippen LogP contribution >= 0.6 is 34.5 Å². The summed E-state index contributed by atoms with van der Waals surface area (Å²) in [6.45, 7) is 1.84. The molecule has 0 fully saturated rings. The number of amides is 2.